The van der Waals surface area contributed by atoms with Crippen LogP contribution < -0.4 is 20.5 Å². The molecule has 1 aromatic rings. The van der Waals surface area contributed by atoms with Crippen LogP contribution >= 0.6 is 15.9 Å². The molecule has 0 fully saturated rings. The Labute approximate surface area is 142 Å². The van der Waals surface area contributed by atoms with E-state index in [1.165, 1.54) is 6.08 Å². The van der Waals surface area contributed by atoms with Gasteiger partial charge in [-0.05, 0) is 37.6 Å². The number of imide groups is 1. The summed E-state index contributed by atoms with van der Waals surface area (Å²) in [6.45, 7) is 4.57. The van der Waals surface area contributed by atoms with Gasteiger partial charge in [-0.15, -0.1) is 0 Å². The minimum absolute atomic E-state index is 0.267. The Bertz CT molecular complexity index is 680. The van der Waals surface area contributed by atoms with Gasteiger partial charge in [0.1, 0.15) is 11.6 Å². The van der Waals surface area contributed by atoms with E-state index in [9.17, 15) is 9.59 Å². The van der Waals surface area contributed by atoms with E-state index >= 15 is 0 Å². The van der Waals surface area contributed by atoms with E-state index in [0.717, 1.165) is 0 Å². The maximum Gasteiger partial charge on any atom is 0.319 e. The summed E-state index contributed by atoms with van der Waals surface area (Å²) in [6.07, 6.45) is 1.32. The maximum absolute atomic E-state index is 11.7. The fourth-order valence-electron chi connectivity index (χ4n) is 1.68. The monoisotopic (exact) mass is 381 g/mol. The zero-order valence-corrected chi connectivity index (χ0v) is 14.3. The number of primary amides is 1. The van der Waals surface area contributed by atoms with Crippen LogP contribution in [0.4, 0.5) is 4.79 Å². The minimum atomic E-state index is -1.03. The van der Waals surface area contributed by atoms with E-state index in [1.54, 1.807) is 18.2 Å². The average molecular weight is 382 g/mol. The van der Waals surface area contributed by atoms with Crippen molar-refractivity contribution >= 4 is 33.9 Å². The van der Waals surface area contributed by atoms with Crippen molar-refractivity contribution in [2.45, 2.75) is 13.8 Å². The van der Waals surface area contributed by atoms with Crippen LogP contribution in [0.5, 0.6) is 11.5 Å². The molecule has 0 aliphatic carbocycles. The quantitative estimate of drug-likeness (QED) is 0.579. The molecule has 0 bridgehead atoms. The van der Waals surface area contributed by atoms with Crippen molar-refractivity contribution in [1.82, 2.24) is 5.32 Å². The predicted molar refractivity (Wildman–Crippen MR) is 87.8 cm³/mol. The lowest BCUT2D eigenvalue weighted by molar-refractivity contribution is -0.115. The van der Waals surface area contributed by atoms with Crippen LogP contribution in [0, 0.1) is 11.3 Å². The second-order valence-corrected chi connectivity index (χ2v) is 5.03. The number of rotatable bonds is 6. The van der Waals surface area contributed by atoms with Crippen LogP contribution in [0.2, 0.25) is 0 Å². The zero-order chi connectivity index (χ0) is 17.4. The first kappa shape index (κ1) is 18.5. The number of halogens is 1. The Morgan fingerprint density at radius 3 is 2.35 bits per heavy atom. The van der Waals surface area contributed by atoms with E-state index in [-0.39, 0.29) is 5.57 Å². The largest absolute Gasteiger partial charge is 0.490 e. The Hall–Kier alpha value is -2.53. The van der Waals surface area contributed by atoms with E-state index in [4.69, 9.17) is 20.5 Å². The highest BCUT2D eigenvalue weighted by atomic mass is 79.9. The lowest BCUT2D eigenvalue weighted by Gasteiger charge is -2.13. The van der Waals surface area contributed by atoms with Crippen LogP contribution in [-0.4, -0.2) is 25.2 Å². The summed E-state index contributed by atoms with van der Waals surface area (Å²) in [5, 5.41) is 10.9. The number of amides is 3. The molecule has 0 spiro atoms. The zero-order valence-electron chi connectivity index (χ0n) is 12.7. The predicted octanol–water partition coefficient (Wildman–Crippen LogP) is 2.35. The van der Waals surface area contributed by atoms with Crippen molar-refractivity contribution in [3.8, 4) is 17.6 Å². The fraction of sp³-hybridized carbons (Fsp3) is 0.267. The van der Waals surface area contributed by atoms with Crippen LogP contribution in [0.1, 0.15) is 19.4 Å². The highest BCUT2D eigenvalue weighted by molar-refractivity contribution is 9.10. The smallest absolute Gasteiger partial charge is 0.319 e. The first-order valence-corrected chi connectivity index (χ1v) is 7.53. The van der Waals surface area contributed by atoms with Crippen LogP contribution in [0.3, 0.4) is 0 Å². The van der Waals surface area contributed by atoms with Crippen molar-refractivity contribution in [3.63, 3.8) is 0 Å². The summed E-state index contributed by atoms with van der Waals surface area (Å²) in [7, 11) is 0. The number of nitrogens with one attached hydrogen (secondary N) is 1. The molecule has 7 nitrogen and oxygen atoms in total. The summed E-state index contributed by atoms with van der Waals surface area (Å²) in [5.74, 6) is 0.147. The van der Waals surface area contributed by atoms with Crippen molar-refractivity contribution in [2.24, 2.45) is 5.73 Å². The molecule has 3 N–H and O–H groups in total. The number of nitrogens with two attached hydrogens (primary N) is 1. The van der Waals surface area contributed by atoms with E-state index < -0.39 is 11.9 Å². The third-order valence-electron chi connectivity index (χ3n) is 2.56. The number of nitrogens with zero attached hydrogens (tertiary/aromatic N) is 1. The van der Waals surface area contributed by atoms with Crippen molar-refractivity contribution in [3.05, 3.63) is 27.7 Å². The second kappa shape index (κ2) is 8.80. The van der Waals surface area contributed by atoms with Gasteiger partial charge in [-0.2, -0.15) is 5.26 Å². The lowest BCUT2D eigenvalue weighted by atomic mass is 10.1. The molecule has 1 rings (SSSR count). The fourth-order valence-corrected chi connectivity index (χ4v) is 2.12. The molecule has 0 unspecified atom stereocenters. The highest BCUT2D eigenvalue weighted by Crippen LogP contribution is 2.34. The number of carbonyl (C=O) groups excluding carboxylic acids is 2. The summed E-state index contributed by atoms with van der Waals surface area (Å²) >= 11 is 3.35. The number of hydrogen-bond acceptors (Lipinski definition) is 5. The molecule has 0 aliphatic rings. The van der Waals surface area contributed by atoms with Crippen LogP contribution in [-0.2, 0) is 4.79 Å². The third kappa shape index (κ3) is 5.30. The Morgan fingerprint density at radius 2 is 1.87 bits per heavy atom. The first-order chi connectivity index (χ1) is 10.9. The van der Waals surface area contributed by atoms with Crippen molar-refractivity contribution < 1.29 is 19.1 Å². The van der Waals surface area contributed by atoms with Gasteiger partial charge in [0, 0.05) is 4.47 Å². The van der Waals surface area contributed by atoms with Gasteiger partial charge in [0.25, 0.3) is 5.91 Å². The molecule has 0 saturated heterocycles. The SMILES string of the molecule is CCOc1cc(Br)c(/C=C(/C#N)C(=O)NC(N)=O)cc1OCC. The van der Waals surface area contributed by atoms with E-state index in [1.807, 2.05) is 19.2 Å². The standard InChI is InChI=1S/C15H16BrN3O4/c1-3-22-12-6-9(11(16)7-13(12)23-4-2)5-10(8-17)14(20)19-15(18)21/h5-7H,3-4H2,1-2H3,(H3,18,19,20,21)/b10-5-. The molecule has 0 atom stereocenters. The Kier molecular flexibility index (Phi) is 7.09. The van der Waals surface area contributed by atoms with E-state index in [0.29, 0.717) is 34.7 Å². The maximum atomic E-state index is 11.7. The number of benzene rings is 1. The van der Waals surface area contributed by atoms with Gasteiger partial charge in [-0.25, -0.2) is 4.79 Å². The molecule has 0 heterocycles. The van der Waals surface area contributed by atoms with Crippen molar-refractivity contribution in [2.75, 3.05) is 13.2 Å². The molecular formula is C15H16BrN3O4. The van der Waals surface area contributed by atoms with Gasteiger partial charge in [-0.3, -0.25) is 10.1 Å². The summed E-state index contributed by atoms with van der Waals surface area (Å²) in [5.41, 5.74) is 5.13. The summed E-state index contributed by atoms with van der Waals surface area (Å²) < 4.78 is 11.6. The third-order valence-corrected chi connectivity index (χ3v) is 3.25. The highest BCUT2D eigenvalue weighted by Gasteiger charge is 2.14. The van der Waals surface area contributed by atoms with E-state index in [2.05, 4.69) is 15.9 Å². The van der Waals surface area contributed by atoms with Crippen molar-refractivity contribution in [1.29, 1.82) is 5.26 Å². The Balaban J connectivity index is 3.27. The molecule has 0 aromatic heterocycles. The average Bonchev–Trinajstić information content (AvgIpc) is 2.48. The molecule has 3 amide bonds. The molecule has 122 valence electrons. The lowest BCUT2D eigenvalue weighted by Crippen LogP contribution is -2.35. The Morgan fingerprint density at radius 1 is 1.30 bits per heavy atom. The molecule has 8 heteroatoms. The number of nitriles is 1. The number of urea groups is 1. The molecule has 0 radical (unpaired) electrons. The molecule has 1 aromatic carbocycles. The van der Waals surface area contributed by atoms with Gasteiger partial charge in [0.15, 0.2) is 11.5 Å². The van der Waals surface area contributed by atoms with Crippen LogP contribution in [0.15, 0.2) is 22.2 Å². The van der Waals surface area contributed by atoms with Gasteiger partial charge < -0.3 is 15.2 Å². The molecule has 0 aliphatic heterocycles. The number of ether oxygens (including phenoxy) is 2. The van der Waals surface area contributed by atoms with Gasteiger partial charge in [0.2, 0.25) is 0 Å². The number of hydrogen-bond donors (Lipinski definition) is 2. The van der Waals surface area contributed by atoms with Crippen LogP contribution in [0.25, 0.3) is 6.08 Å². The molecular weight excluding hydrogens is 366 g/mol. The van der Waals surface area contributed by atoms with Gasteiger partial charge >= 0.3 is 6.03 Å². The summed E-state index contributed by atoms with van der Waals surface area (Å²) in [6, 6.07) is 4.01. The normalized spacial score (nSPS) is 10.6. The van der Waals surface area contributed by atoms with Gasteiger partial charge in [-0.1, -0.05) is 15.9 Å². The number of carbonyl (C=O) groups is 2. The second-order valence-electron chi connectivity index (χ2n) is 4.17. The minimum Gasteiger partial charge on any atom is -0.490 e. The van der Waals surface area contributed by atoms with Gasteiger partial charge in [0.05, 0.1) is 13.2 Å². The topological polar surface area (TPSA) is 114 Å². The summed E-state index contributed by atoms with van der Waals surface area (Å²) in [4.78, 5) is 22.4. The molecule has 0 saturated carbocycles. The first-order valence-electron chi connectivity index (χ1n) is 6.74. The molecule has 23 heavy (non-hydrogen) atoms.